The van der Waals surface area contributed by atoms with E-state index in [0.29, 0.717) is 33.6 Å². The van der Waals surface area contributed by atoms with Crippen molar-refractivity contribution in [3.05, 3.63) is 69.1 Å². The van der Waals surface area contributed by atoms with E-state index in [0.717, 1.165) is 50.6 Å². The molecule has 35 heavy (non-hydrogen) atoms. The SMILES string of the molecule is O=C(NCCCN1CCOCC1)c1cccc(NC(=O)c2nnc(COc3ccc(Cl)cc3)s2)c1. The largest absolute Gasteiger partial charge is 0.486 e. The van der Waals surface area contributed by atoms with Crippen molar-refractivity contribution in [3.8, 4) is 5.75 Å². The van der Waals surface area contributed by atoms with Gasteiger partial charge in [-0.2, -0.15) is 0 Å². The molecule has 1 fully saturated rings. The fraction of sp³-hybridized carbons (Fsp3) is 0.333. The Kier molecular flexibility index (Phi) is 9.02. The summed E-state index contributed by atoms with van der Waals surface area (Å²) in [5.41, 5.74) is 0.980. The van der Waals surface area contributed by atoms with Crippen LogP contribution in [0.25, 0.3) is 0 Å². The van der Waals surface area contributed by atoms with Crippen LogP contribution in [-0.4, -0.2) is 66.3 Å². The van der Waals surface area contributed by atoms with Crippen LogP contribution in [0.5, 0.6) is 5.75 Å². The molecule has 0 aliphatic carbocycles. The van der Waals surface area contributed by atoms with Gasteiger partial charge >= 0.3 is 0 Å². The van der Waals surface area contributed by atoms with Gasteiger partial charge in [-0.25, -0.2) is 0 Å². The summed E-state index contributed by atoms with van der Waals surface area (Å²) >= 11 is 7.01. The third-order valence-corrected chi connectivity index (χ3v) is 6.41. The lowest BCUT2D eigenvalue weighted by Crippen LogP contribution is -2.38. The van der Waals surface area contributed by atoms with Gasteiger partial charge in [0.2, 0.25) is 5.01 Å². The molecule has 0 radical (unpaired) electrons. The van der Waals surface area contributed by atoms with Gasteiger partial charge in [-0.05, 0) is 55.4 Å². The van der Waals surface area contributed by atoms with Gasteiger partial charge < -0.3 is 20.1 Å². The van der Waals surface area contributed by atoms with Crippen molar-refractivity contribution < 1.29 is 19.1 Å². The summed E-state index contributed by atoms with van der Waals surface area (Å²) in [4.78, 5) is 27.5. The number of anilines is 1. The van der Waals surface area contributed by atoms with Crippen molar-refractivity contribution in [1.29, 1.82) is 0 Å². The fourth-order valence-electron chi connectivity index (χ4n) is 3.43. The monoisotopic (exact) mass is 515 g/mol. The number of hydrogen-bond donors (Lipinski definition) is 2. The zero-order valence-electron chi connectivity index (χ0n) is 19.0. The van der Waals surface area contributed by atoms with E-state index in [-0.39, 0.29) is 17.5 Å². The number of ether oxygens (including phenoxy) is 2. The van der Waals surface area contributed by atoms with Crippen LogP contribution in [0.3, 0.4) is 0 Å². The Hall–Kier alpha value is -3.05. The molecule has 0 bridgehead atoms. The smallest absolute Gasteiger partial charge is 0.286 e. The zero-order valence-corrected chi connectivity index (χ0v) is 20.6. The van der Waals surface area contributed by atoms with Crippen LogP contribution < -0.4 is 15.4 Å². The van der Waals surface area contributed by atoms with Crippen LogP contribution in [0, 0.1) is 0 Å². The number of nitrogens with one attached hydrogen (secondary N) is 2. The van der Waals surface area contributed by atoms with Gasteiger partial charge in [0, 0.05) is 35.9 Å². The zero-order chi connectivity index (χ0) is 24.5. The number of carbonyl (C=O) groups excluding carboxylic acids is 2. The average Bonchev–Trinajstić information content (AvgIpc) is 3.36. The van der Waals surface area contributed by atoms with Gasteiger partial charge in [0.1, 0.15) is 12.4 Å². The first-order valence-electron chi connectivity index (χ1n) is 11.3. The molecule has 9 nitrogen and oxygen atoms in total. The Morgan fingerprint density at radius 3 is 2.69 bits per heavy atom. The Morgan fingerprint density at radius 2 is 1.89 bits per heavy atom. The Morgan fingerprint density at radius 1 is 1.09 bits per heavy atom. The summed E-state index contributed by atoms with van der Waals surface area (Å²) < 4.78 is 11.0. The van der Waals surface area contributed by atoms with E-state index in [2.05, 4.69) is 25.7 Å². The van der Waals surface area contributed by atoms with Gasteiger partial charge in [-0.15, -0.1) is 10.2 Å². The number of amides is 2. The predicted molar refractivity (Wildman–Crippen MR) is 134 cm³/mol. The van der Waals surface area contributed by atoms with Gasteiger partial charge in [-0.3, -0.25) is 14.5 Å². The van der Waals surface area contributed by atoms with E-state index < -0.39 is 5.91 Å². The number of halogens is 1. The van der Waals surface area contributed by atoms with Crippen LogP contribution in [-0.2, 0) is 11.3 Å². The number of nitrogens with zero attached hydrogens (tertiary/aromatic N) is 3. The van der Waals surface area contributed by atoms with Gasteiger partial charge in [0.25, 0.3) is 11.8 Å². The summed E-state index contributed by atoms with van der Waals surface area (Å²) in [6.07, 6.45) is 0.864. The highest BCUT2D eigenvalue weighted by Crippen LogP contribution is 2.19. The minimum atomic E-state index is -0.400. The van der Waals surface area contributed by atoms with Gasteiger partial charge in [0.15, 0.2) is 5.01 Å². The molecule has 1 saturated heterocycles. The van der Waals surface area contributed by atoms with Crippen LogP contribution in [0.15, 0.2) is 48.5 Å². The van der Waals surface area contributed by atoms with Crippen LogP contribution in [0.1, 0.15) is 31.6 Å². The number of aromatic nitrogens is 2. The second-order valence-electron chi connectivity index (χ2n) is 7.84. The van der Waals surface area contributed by atoms with E-state index in [9.17, 15) is 9.59 Å². The maximum Gasteiger partial charge on any atom is 0.286 e. The van der Waals surface area contributed by atoms with E-state index in [1.54, 1.807) is 48.5 Å². The van der Waals surface area contributed by atoms with Crippen molar-refractivity contribution in [2.45, 2.75) is 13.0 Å². The highest BCUT2D eigenvalue weighted by Gasteiger charge is 2.15. The summed E-state index contributed by atoms with van der Waals surface area (Å²) in [5, 5.41) is 15.1. The van der Waals surface area contributed by atoms with Crippen LogP contribution in [0.2, 0.25) is 5.02 Å². The molecule has 0 unspecified atom stereocenters. The predicted octanol–water partition coefficient (Wildman–Crippen LogP) is 3.47. The van der Waals surface area contributed by atoms with Crippen molar-refractivity contribution in [2.75, 3.05) is 44.7 Å². The van der Waals surface area contributed by atoms with Crippen LogP contribution >= 0.6 is 22.9 Å². The first kappa shape index (κ1) is 25.1. The molecule has 0 atom stereocenters. The minimum absolute atomic E-state index is 0.180. The second kappa shape index (κ2) is 12.6. The number of carbonyl (C=O) groups is 2. The number of rotatable bonds is 10. The molecule has 1 aliphatic heterocycles. The normalized spacial score (nSPS) is 13.9. The maximum absolute atomic E-state index is 12.6. The van der Waals surface area contributed by atoms with E-state index in [4.69, 9.17) is 21.1 Å². The lowest BCUT2D eigenvalue weighted by atomic mass is 10.2. The molecule has 1 aromatic heterocycles. The quantitative estimate of drug-likeness (QED) is 0.398. The van der Waals surface area contributed by atoms with E-state index in [1.807, 2.05) is 0 Å². The lowest BCUT2D eigenvalue weighted by Gasteiger charge is -2.26. The summed E-state index contributed by atoms with van der Waals surface area (Å²) in [6, 6.07) is 13.8. The van der Waals surface area contributed by atoms with Crippen molar-refractivity contribution >= 4 is 40.4 Å². The molecule has 0 spiro atoms. The van der Waals surface area contributed by atoms with E-state index >= 15 is 0 Å². The van der Waals surface area contributed by atoms with Gasteiger partial charge in [-0.1, -0.05) is 29.0 Å². The topological polar surface area (TPSA) is 106 Å². The maximum atomic E-state index is 12.6. The molecule has 4 rings (SSSR count). The van der Waals surface area contributed by atoms with E-state index in [1.165, 1.54) is 0 Å². The van der Waals surface area contributed by atoms with Crippen molar-refractivity contribution in [2.24, 2.45) is 0 Å². The molecule has 0 saturated carbocycles. The summed E-state index contributed by atoms with van der Waals surface area (Å²) in [6.45, 7) is 5.09. The summed E-state index contributed by atoms with van der Waals surface area (Å²) in [5.74, 6) is 0.0655. The highest BCUT2D eigenvalue weighted by molar-refractivity contribution is 7.13. The molecular formula is C24H26ClN5O4S. The molecule has 184 valence electrons. The Balaban J connectivity index is 1.24. The molecule has 11 heteroatoms. The molecule has 2 amide bonds. The molecule has 2 aromatic carbocycles. The highest BCUT2D eigenvalue weighted by atomic mass is 35.5. The number of hydrogen-bond acceptors (Lipinski definition) is 8. The first-order valence-corrected chi connectivity index (χ1v) is 12.5. The minimum Gasteiger partial charge on any atom is -0.486 e. The Labute approximate surface area is 212 Å². The summed E-state index contributed by atoms with van der Waals surface area (Å²) in [7, 11) is 0. The number of benzene rings is 2. The second-order valence-corrected chi connectivity index (χ2v) is 9.34. The fourth-order valence-corrected chi connectivity index (χ4v) is 4.21. The number of morpholine rings is 1. The van der Waals surface area contributed by atoms with Crippen LogP contribution in [0.4, 0.5) is 5.69 Å². The Bertz CT molecular complexity index is 1130. The molecule has 3 aromatic rings. The van der Waals surface area contributed by atoms with Gasteiger partial charge in [0.05, 0.1) is 13.2 Å². The lowest BCUT2D eigenvalue weighted by molar-refractivity contribution is 0.0374. The standard InChI is InChI=1S/C24H26ClN5O4S/c25-18-5-7-20(8-6-18)34-16-21-28-29-24(35-21)23(32)27-19-4-1-3-17(15-19)22(31)26-9-2-10-30-11-13-33-14-12-30/h1,3-8,15H,2,9-14,16H2,(H,26,31)(H,27,32). The van der Waals surface area contributed by atoms with Crippen molar-refractivity contribution in [3.63, 3.8) is 0 Å². The molecule has 2 N–H and O–H groups in total. The first-order chi connectivity index (χ1) is 17.1. The average molecular weight is 516 g/mol. The molecule has 2 heterocycles. The molecule has 1 aliphatic rings. The van der Waals surface area contributed by atoms with Crippen molar-refractivity contribution in [1.82, 2.24) is 20.4 Å². The molecular weight excluding hydrogens is 490 g/mol. The third-order valence-electron chi connectivity index (χ3n) is 5.26. The third kappa shape index (κ3) is 7.72.